The Bertz CT molecular complexity index is 187. The smallest absolute Gasteiger partial charge is 0.0686 e. The Balaban J connectivity index is 2.38. The van der Waals surface area contributed by atoms with E-state index in [1.165, 1.54) is 44.3 Å². The van der Waals surface area contributed by atoms with E-state index in [4.69, 9.17) is 0 Å². The van der Waals surface area contributed by atoms with Gasteiger partial charge in [-0.1, -0.05) is 39.5 Å². The van der Waals surface area contributed by atoms with E-state index >= 15 is 0 Å². The predicted molar refractivity (Wildman–Crippen MR) is 74.0 cm³/mol. The van der Waals surface area contributed by atoms with Crippen LogP contribution in [-0.2, 0) is 0 Å². The molecule has 3 unspecified atom stereocenters. The lowest BCUT2D eigenvalue weighted by molar-refractivity contribution is 0.101. The summed E-state index contributed by atoms with van der Waals surface area (Å²) in [6.45, 7) is 6.76. The standard InChI is InChI=1S/C14H28OS/c1-4-6-8-12(5-2)11-13(15)14(3)9-7-10-16-14/h12-13,15H,4-11H2,1-3H3. The van der Waals surface area contributed by atoms with Crippen molar-refractivity contribution < 1.29 is 5.11 Å². The first-order valence-electron chi connectivity index (χ1n) is 6.94. The molecule has 1 aliphatic rings. The Kier molecular flexibility index (Phi) is 6.20. The van der Waals surface area contributed by atoms with Crippen LogP contribution < -0.4 is 0 Å². The molecule has 1 rings (SSSR count). The Morgan fingerprint density at radius 1 is 1.38 bits per heavy atom. The molecule has 0 bridgehead atoms. The third kappa shape index (κ3) is 3.96. The Morgan fingerprint density at radius 3 is 2.62 bits per heavy atom. The highest BCUT2D eigenvalue weighted by Crippen LogP contribution is 2.42. The van der Waals surface area contributed by atoms with Crippen LogP contribution >= 0.6 is 11.8 Å². The van der Waals surface area contributed by atoms with Gasteiger partial charge in [-0.15, -0.1) is 0 Å². The minimum Gasteiger partial charge on any atom is -0.392 e. The zero-order chi connectivity index (χ0) is 12.0. The molecule has 0 saturated carbocycles. The lowest BCUT2D eigenvalue weighted by Crippen LogP contribution is -2.35. The first kappa shape index (κ1) is 14.4. The van der Waals surface area contributed by atoms with E-state index < -0.39 is 0 Å². The number of unbranched alkanes of at least 4 members (excludes halogenated alkanes) is 1. The summed E-state index contributed by atoms with van der Waals surface area (Å²) in [5.41, 5.74) is 0. The van der Waals surface area contributed by atoms with Gasteiger partial charge in [0.1, 0.15) is 0 Å². The molecule has 0 aromatic carbocycles. The average molecular weight is 244 g/mol. The molecule has 0 aromatic rings. The van der Waals surface area contributed by atoms with Crippen LogP contribution in [0.1, 0.15) is 65.7 Å². The van der Waals surface area contributed by atoms with Gasteiger partial charge in [-0.3, -0.25) is 0 Å². The quantitative estimate of drug-likeness (QED) is 0.723. The SMILES string of the molecule is CCCCC(CC)CC(O)C1(C)CCCS1. The second-order valence-corrected chi connectivity index (χ2v) is 7.06. The number of thioether (sulfide) groups is 1. The number of rotatable bonds is 7. The third-order valence-electron chi connectivity index (χ3n) is 4.05. The summed E-state index contributed by atoms with van der Waals surface area (Å²) in [5, 5.41) is 10.4. The molecule has 1 nitrogen and oxygen atoms in total. The molecule has 0 amide bonds. The molecule has 3 atom stereocenters. The van der Waals surface area contributed by atoms with Crippen LogP contribution in [0.2, 0.25) is 0 Å². The molecule has 0 radical (unpaired) electrons. The van der Waals surface area contributed by atoms with Gasteiger partial charge in [-0.25, -0.2) is 0 Å². The first-order chi connectivity index (χ1) is 7.62. The highest BCUT2D eigenvalue weighted by Gasteiger charge is 2.37. The maximum absolute atomic E-state index is 10.4. The van der Waals surface area contributed by atoms with Crippen molar-refractivity contribution in [2.45, 2.75) is 76.6 Å². The van der Waals surface area contributed by atoms with Crippen molar-refractivity contribution in [3.05, 3.63) is 0 Å². The van der Waals surface area contributed by atoms with Gasteiger partial charge >= 0.3 is 0 Å². The minimum atomic E-state index is -0.0955. The van der Waals surface area contributed by atoms with Crippen LogP contribution in [0.15, 0.2) is 0 Å². The maximum Gasteiger partial charge on any atom is 0.0686 e. The molecule has 0 aliphatic carbocycles. The highest BCUT2D eigenvalue weighted by atomic mass is 32.2. The molecule has 96 valence electrons. The minimum absolute atomic E-state index is 0.0955. The Hall–Kier alpha value is 0.310. The van der Waals surface area contributed by atoms with Crippen LogP contribution in [-0.4, -0.2) is 21.7 Å². The summed E-state index contributed by atoms with van der Waals surface area (Å²) in [6, 6.07) is 0. The molecular weight excluding hydrogens is 216 g/mol. The fourth-order valence-electron chi connectivity index (χ4n) is 2.61. The van der Waals surface area contributed by atoms with Gasteiger partial charge in [0, 0.05) is 4.75 Å². The van der Waals surface area contributed by atoms with Crippen LogP contribution in [0.25, 0.3) is 0 Å². The summed E-state index contributed by atoms with van der Waals surface area (Å²) < 4.78 is 0.152. The van der Waals surface area contributed by atoms with Crippen LogP contribution in [0.5, 0.6) is 0 Å². The predicted octanol–water partition coefficient (Wildman–Crippen LogP) is 4.24. The van der Waals surface area contributed by atoms with Crippen LogP contribution in [0, 0.1) is 5.92 Å². The first-order valence-corrected chi connectivity index (χ1v) is 7.93. The summed E-state index contributed by atoms with van der Waals surface area (Å²) in [6.07, 6.45) is 8.50. The van der Waals surface area contributed by atoms with Gasteiger partial charge in [0.15, 0.2) is 0 Å². The van der Waals surface area contributed by atoms with Gasteiger partial charge < -0.3 is 5.11 Å². The van der Waals surface area contributed by atoms with Gasteiger partial charge in [-0.2, -0.15) is 11.8 Å². The number of aliphatic hydroxyl groups is 1. The molecule has 1 heterocycles. The van der Waals surface area contributed by atoms with E-state index in [1.807, 2.05) is 11.8 Å². The molecule has 16 heavy (non-hydrogen) atoms. The monoisotopic (exact) mass is 244 g/mol. The number of hydrogen-bond donors (Lipinski definition) is 1. The molecule has 1 fully saturated rings. The molecule has 1 aliphatic heterocycles. The molecule has 0 spiro atoms. The van der Waals surface area contributed by atoms with Crippen molar-refractivity contribution in [3.8, 4) is 0 Å². The van der Waals surface area contributed by atoms with E-state index in [0.717, 1.165) is 12.3 Å². The molecular formula is C14H28OS. The van der Waals surface area contributed by atoms with E-state index in [0.29, 0.717) is 0 Å². The Morgan fingerprint density at radius 2 is 2.12 bits per heavy atom. The third-order valence-corrected chi connectivity index (χ3v) is 5.68. The summed E-state index contributed by atoms with van der Waals surface area (Å²) in [7, 11) is 0. The summed E-state index contributed by atoms with van der Waals surface area (Å²) >= 11 is 1.98. The molecule has 1 saturated heterocycles. The molecule has 2 heteroatoms. The van der Waals surface area contributed by atoms with E-state index in [9.17, 15) is 5.11 Å². The van der Waals surface area contributed by atoms with E-state index in [1.54, 1.807) is 0 Å². The van der Waals surface area contributed by atoms with Gasteiger partial charge in [-0.05, 0) is 37.9 Å². The summed E-state index contributed by atoms with van der Waals surface area (Å²) in [5.74, 6) is 1.97. The largest absolute Gasteiger partial charge is 0.392 e. The number of aliphatic hydroxyl groups excluding tert-OH is 1. The van der Waals surface area contributed by atoms with Gasteiger partial charge in [0.05, 0.1) is 6.10 Å². The van der Waals surface area contributed by atoms with Crippen molar-refractivity contribution in [3.63, 3.8) is 0 Å². The fraction of sp³-hybridized carbons (Fsp3) is 1.00. The molecule has 1 N–H and O–H groups in total. The highest BCUT2D eigenvalue weighted by molar-refractivity contribution is 8.00. The van der Waals surface area contributed by atoms with Crippen LogP contribution in [0.3, 0.4) is 0 Å². The summed E-state index contributed by atoms with van der Waals surface area (Å²) in [4.78, 5) is 0. The maximum atomic E-state index is 10.4. The van der Waals surface area contributed by atoms with Gasteiger partial charge in [0.2, 0.25) is 0 Å². The van der Waals surface area contributed by atoms with Crippen molar-refractivity contribution in [2.24, 2.45) is 5.92 Å². The second-order valence-electron chi connectivity index (χ2n) is 5.43. The lowest BCUT2D eigenvalue weighted by Gasteiger charge is -2.31. The lowest BCUT2D eigenvalue weighted by atomic mass is 9.87. The average Bonchev–Trinajstić information content (AvgIpc) is 2.72. The van der Waals surface area contributed by atoms with E-state index in [2.05, 4.69) is 20.8 Å². The topological polar surface area (TPSA) is 20.2 Å². The number of hydrogen-bond acceptors (Lipinski definition) is 2. The van der Waals surface area contributed by atoms with Crippen molar-refractivity contribution in [1.29, 1.82) is 0 Å². The molecule has 0 aromatic heterocycles. The van der Waals surface area contributed by atoms with Crippen LogP contribution in [0.4, 0.5) is 0 Å². The van der Waals surface area contributed by atoms with Crippen molar-refractivity contribution >= 4 is 11.8 Å². The zero-order valence-corrected chi connectivity index (χ0v) is 12.0. The second kappa shape index (κ2) is 6.90. The zero-order valence-electron chi connectivity index (χ0n) is 11.2. The van der Waals surface area contributed by atoms with Crippen molar-refractivity contribution in [2.75, 3.05) is 5.75 Å². The van der Waals surface area contributed by atoms with E-state index in [-0.39, 0.29) is 10.9 Å². The normalized spacial score (nSPS) is 29.2. The van der Waals surface area contributed by atoms with Gasteiger partial charge in [0.25, 0.3) is 0 Å². The fourth-order valence-corrected chi connectivity index (χ4v) is 3.94. The van der Waals surface area contributed by atoms with Crippen molar-refractivity contribution in [1.82, 2.24) is 0 Å². The Labute approximate surface area is 105 Å².